The summed E-state index contributed by atoms with van der Waals surface area (Å²) in [6, 6.07) is 4.31. The predicted molar refractivity (Wildman–Crippen MR) is 78.6 cm³/mol. The van der Waals surface area contributed by atoms with Gasteiger partial charge in [0.15, 0.2) is 0 Å². The number of thiophene rings is 1. The van der Waals surface area contributed by atoms with E-state index >= 15 is 0 Å². The zero-order chi connectivity index (χ0) is 12.3. The highest BCUT2D eigenvalue weighted by atomic mass is 32.1. The molecule has 1 aromatic rings. The highest BCUT2D eigenvalue weighted by molar-refractivity contribution is 7.09. The van der Waals surface area contributed by atoms with Gasteiger partial charge in [-0.3, -0.25) is 0 Å². The fourth-order valence-corrected chi connectivity index (χ4v) is 3.11. The molecule has 0 aromatic carbocycles. The lowest BCUT2D eigenvalue weighted by atomic mass is 9.92. The number of unbranched alkanes of at least 4 members (excludes halogenated alkanes) is 4. The van der Waals surface area contributed by atoms with E-state index in [1.807, 2.05) is 0 Å². The van der Waals surface area contributed by atoms with Crippen molar-refractivity contribution in [2.75, 3.05) is 0 Å². The average molecular weight is 251 g/mol. The van der Waals surface area contributed by atoms with E-state index < -0.39 is 0 Å². The van der Waals surface area contributed by atoms with Crippen molar-refractivity contribution in [3.05, 3.63) is 22.4 Å². The normalized spacial score (nSPS) is 12.8. The Balaban J connectivity index is 2.26. The van der Waals surface area contributed by atoms with Crippen LogP contribution in [0.25, 0.3) is 0 Å². The second-order valence-corrected chi connectivity index (χ2v) is 6.05. The number of hydrogen-bond acceptors (Lipinski definition) is 1. The second kappa shape index (κ2) is 9.70. The van der Waals surface area contributed by atoms with Crippen LogP contribution in [0.2, 0.25) is 0 Å². The lowest BCUT2D eigenvalue weighted by molar-refractivity contribution is 0.412. The van der Waals surface area contributed by atoms with E-state index in [0.29, 0.717) is 0 Å². The molecule has 0 amide bonds. The van der Waals surface area contributed by atoms with Crippen LogP contribution in [0, 0.1) is 11.3 Å². The topological polar surface area (TPSA) is 0 Å². The van der Waals surface area contributed by atoms with Crippen LogP contribution in [-0.2, 0) is 6.42 Å². The Kier molecular flexibility index (Phi) is 8.42. The molecule has 0 fully saturated rings. The first-order valence-corrected chi connectivity index (χ1v) is 8.13. The quantitative estimate of drug-likeness (QED) is 0.456. The van der Waals surface area contributed by atoms with Gasteiger partial charge in [0.2, 0.25) is 0 Å². The Hall–Kier alpha value is -0.300. The predicted octanol–water partition coefficient (Wildman–Crippen LogP) is 5.87. The summed E-state index contributed by atoms with van der Waals surface area (Å²) in [5.74, 6) is 0.916. The van der Waals surface area contributed by atoms with Gasteiger partial charge in [-0.25, -0.2) is 0 Å². The lowest BCUT2D eigenvalue weighted by Gasteiger charge is -2.15. The van der Waals surface area contributed by atoms with Crippen LogP contribution in [0.1, 0.15) is 70.1 Å². The van der Waals surface area contributed by atoms with Crippen molar-refractivity contribution in [1.29, 1.82) is 0 Å². The van der Waals surface area contributed by atoms with Crippen molar-refractivity contribution in [1.82, 2.24) is 0 Å². The molecule has 97 valence electrons. The molecule has 0 nitrogen and oxygen atoms in total. The Morgan fingerprint density at radius 3 is 2.47 bits per heavy atom. The van der Waals surface area contributed by atoms with E-state index in [4.69, 9.17) is 0 Å². The first-order valence-electron chi connectivity index (χ1n) is 7.31. The van der Waals surface area contributed by atoms with Gasteiger partial charge in [0.1, 0.15) is 0 Å². The van der Waals surface area contributed by atoms with Gasteiger partial charge in [0.05, 0.1) is 0 Å². The molecule has 1 heteroatoms. The standard InChI is InChI=1S/C16H27S/c1-3-5-7-8-11-15(10-6-4-2)14-16-12-9-13-17-16/h9,12,15H,3-8,10-11,14H2,1-2H3. The molecule has 0 N–H and O–H groups in total. The molecule has 1 heterocycles. The molecular weight excluding hydrogens is 224 g/mol. The zero-order valence-electron chi connectivity index (χ0n) is 11.5. The molecule has 0 aliphatic rings. The summed E-state index contributed by atoms with van der Waals surface area (Å²) in [6.45, 7) is 4.59. The average Bonchev–Trinajstić information content (AvgIpc) is 2.84. The maximum atomic E-state index is 3.21. The maximum Gasteiger partial charge on any atom is 0.0445 e. The van der Waals surface area contributed by atoms with Gasteiger partial charge in [0, 0.05) is 10.3 Å². The molecule has 1 atom stereocenters. The van der Waals surface area contributed by atoms with Crippen molar-refractivity contribution in [2.45, 2.75) is 71.6 Å². The molecule has 1 rings (SSSR count). The van der Waals surface area contributed by atoms with Crippen molar-refractivity contribution < 1.29 is 0 Å². The number of rotatable bonds is 10. The Labute approximate surface area is 111 Å². The molecule has 17 heavy (non-hydrogen) atoms. The van der Waals surface area contributed by atoms with Crippen molar-refractivity contribution in [3.8, 4) is 0 Å². The van der Waals surface area contributed by atoms with Crippen LogP contribution in [0.4, 0.5) is 0 Å². The van der Waals surface area contributed by atoms with Crippen LogP contribution < -0.4 is 0 Å². The molecule has 0 aliphatic carbocycles. The lowest BCUT2D eigenvalue weighted by Crippen LogP contribution is -2.04. The van der Waals surface area contributed by atoms with Crippen molar-refractivity contribution in [2.24, 2.45) is 5.92 Å². The van der Waals surface area contributed by atoms with E-state index in [1.165, 1.54) is 62.7 Å². The van der Waals surface area contributed by atoms with E-state index in [1.54, 1.807) is 11.3 Å². The minimum atomic E-state index is 0.916. The third kappa shape index (κ3) is 6.88. The molecular formula is C16H27S. The summed E-state index contributed by atoms with van der Waals surface area (Å²) in [5, 5.41) is 3.21. The van der Waals surface area contributed by atoms with E-state index in [9.17, 15) is 0 Å². The van der Waals surface area contributed by atoms with Crippen LogP contribution in [0.15, 0.2) is 12.1 Å². The van der Waals surface area contributed by atoms with Gasteiger partial charge < -0.3 is 0 Å². The van der Waals surface area contributed by atoms with Gasteiger partial charge in [-0.05, 0) is 24.5 Å². The molecule has 0 saturated heterocycles. The summed E-state index contributed by atoms with van der Waals surface area (Å²) < 4.78 is 0. The van der Waals surface area contributed by atoms with Gasteiger partial charge in [-0.15, -0.1) is 11.3 Å². The highest BCUT2D eigenvalue weighted by Crippen LogP contribution is 2.23. The molecule has 1 radical (unpaired) electrons. The Morgan fingerprint density at radius 2 is 1.82 bits per heavy atom. The summed E-state index contributed by atoms with van der Waals surface area (Å²) in [4.78, 5) is 1.53. The third-order valence-electron chi connectivity index (χ3n) is 3.45. The molecule has 0 saturated carbocycles. The van der Waals surface area contributed by atoms with E-state index in [2.05, 4.69) is 31.4 Å². The SMILES string of the molecule is CCCCCCC(CCCC)Cc1cc[c]s1. The number of hydrogen-bond donors (Lipinski definition) is 0. The fourth-order valence-electron chi connectivity index (χ4n) is 2.37. The summed E-state index contributed by atoms with van der Waals surface area (Å²) in [6.07, 6.45) is 12.5. The van der Waals surface area contributed by atoms with Crippen molar-refractivity contribution >= 4 is 11.3 Å². The maximum absolute atomic E-state index is 3.21. The first kappa shape index (κ1) is 14.8. The van der Waals surface area contributed by atoms with Crippen LogP contribution in [-0.4, -0.2) is 0 Å². The smallest absolute Gasteiger partial charge is 0.0445 e. The van der Waals surface area contributed by atoms with Crippen molar-refractivity contribution in [3.63, 3.8) is 0 Å². The minimum Gasteiger partial charge on any atom is -0.139 e. The third-order valence-corrected chi connectivity index (χ3v) is 4.27. The zero-order valence-corrected chi connectivity index (χ0v) is 12.3. The van der Waals surface area contributed by atoms with Crippen LogP contribution in [0.3, 0.4) is 0 Å². The molecule has 1 unspecified atom stereocenters. The van der Waals surface area contributed by atoms with E-state index in [-0.39, 0.29) is 0 Å². The Morgan fingerprint density at radius 1 is 1.06 bits per heavy atom. The molecule has 0 bridgehead atoms. The molecule has 0 aliphatic heterocycles. The van der Waals surface area contributed by atoms with E-state index in [0.717, 1.165) is 5.92 Å². The Bertz CT molecular complexity index is 250. The summed E-state index contributed by atoms with van der Waals surface area (Å²) >= 11 is 1.80. The molecule has 0 spiro atoms. The van der Waals surface area contributed by atoms with Gasteiger partial charge in [-0.1, -0.05) is 65.2 Å². The minimum absolute atomic E-state index is 0.916. The van der Waals surface area contributed by atoms with Crippen LogP contribution in [0.5, 0.6) is 0 Å². The largest absolute Gasteiger partial charge is 0.139 e. The van der Waals surface area contributed by atoms with Crippen LogP contribution >= 0.6 is 11.3 Å². The van der Waals surface area contributed by atoms with Gasteiger partial charge >= 0.3 is 0 Å². The fraction of sp³-hybridized carbons (Fsp3) is 0.750. The summed E-state index contributed by atoms with van der Waals surface area (Å²) in [7, 11) is 0. The highest BCUT2D eigenvalue weighted by Gasteiger charge is 2.09. The second-order valence-electron chi connectivity index (χ2n) is 5.08. The molecule has 1 aromatic heterocycles. The van der Waals surface area contributed by atoms with Gasteiger partial charge in [-0.2, -0.15) is 0 Å². The first-order chi connectivity index (χ1) is 8.36. The monoisotopic (exact) mass is 251 g/mol. The van der Waals surface area contributed by atoms with Gasteiger partial charge in [0.25, 0.3) is 0 Å². The summed E-state index contributed by atoms with van der Waals surface area (Å²) in [5.41, 5.74) is 0.